The Hall–Kier alpha value is -2.61. The van der Waals surface area contributed by atoms with Crippen LogP contribution >= 0.6 is 0 Å². The number of benzene rings is 1. The summed E-state index contributed by atoms with van der Waals surface area (Å²) in [6.07, 6.45) is 0. The van der Waals surface area contributed by atoms with Crippen molar-refractivity contribution >= 4 is 22.6 Å². The van der Waals surface area contributed by atoms with Crippen molar-refractivity contribution < 1.29 is 9.53 Å². The van der Waals surface area contributed by atoms with Gasteiger partial charge in [0.05, 0.1) is 24.3 Å². The van der Waals surface area contributed by atoms with Gasteiger partial charge in [0.15, 0.2) is 5.69 Å². The fourth-order valence-electron chi connectivity index (χ4n) is 1.53. The van der Waals surface area contributed by atoms with Gasteiger partial charge in [0.1, 0.15) is 0 Å². The van der Waals surface area contributed by atoms with E-state index in [1.54, 1.807) is 18.2 Å². The van der Waals surface area contributed by atoms with Crippen molar-refractivity contribution in [3.05, 3.63) is 35.5 Å². The normalized spacial score (nSPS) is 9.88. The molecule has 0 aliphatic carbocycles. The number of nitrogens with two attached hydrogens (primary N) is 1. The maximum absolute atomic E-state index is 11.3. The molecule has 84 valence electrons. The Morgan fingerprint density at radius 3 is 2.88 bits per heavy atom. The average Bonchev–Trinajstić information content (AvgIpc) is 2.37. The molecular formula is C12H9N3O2. The molecule has 0 unspecified atom stereocenters. The highest BCUT2D eigenvalue weighted by Crippen LogP contribution is 2.22. The number of methoxy groups -OCH3 is 1. The predicted octanol–water partition coefficient (Wildman–Crippen LogP) is 1.48. The maximum Gasteiger partial charge on any atom is 0.356 e. The van der Waals surface area contributed by atoms with Crippen LogP contribution in [0.3, 0.4) is 0 Å². The molecule has 2 rings (SSSR count). The van der Waals surface area contributed by atoms with Crippen LogP contribution in [0.15, 0.2) is 24.3 Å². The summed E-state index contributed by atoms with van der Waals surface area (Å²) in [4.78, 5) is 15.5. The van der Waals surface area contributed by atoms with Gasteiger partial charge in [-0.25, -0.2) is 9.78 Å². The lowest BCUT2D eigenvalue weighted by atomic mass is 10.1. The van der Waals surface area contributed by atoms with Crippen LogP contribution in [0.4, 0.5) is 5.69 Å². The van der Waals surface area contributed by atoms with Gasteiger partial charge in [-0.15, -0.1) is 0 Å². The van der Waals surface area contributed by atoms with Gasteiger partial charge in [-0.3, -0.25) is 0 Å². The van der Waals surface area contributed by atoms with Crippen LogP contribution in [-0.2, 0) is 4.74 Å². The van der Waals surface area contributed by atoms with E-state index in [0.717, 1.165) is 0 Å². The molecule has 0 aliphatic rings. The Balaban J connectivity index is 2.68. The maximum atomic E-state index is 11.3. The number of rotatable bonds is 1. The molecule has 0 spiro atoms. The number of carbonyl (C=O) groups is 1. The van der Waals surface area contributed by atoms with Crippen LogP contribution in [-0.4, -0.2) is 18.1 Å². The number of aromatic nitrogens is 1. The highest BCUT2D eigenvalue weighted by Gasteiger charge is 2.11. The first-order valence-electron chi connectivity index (χ1n) is 4.84. The molecule has 0 atom stereocenters. The van der Waals surface area contributed by atoms with Crippen molar-refractivity contribution in [2.75, 3.05) is 12.8 Å². The summed E-state index contributed by atoms with van der Waals surface area (Å²) in [6.45, 7) is 0. The number of fused-ring (bicyclic) bond motifs is 1. The molecule has 5 heteroatoms. The summed E-state index contributed by atoms with van der Waals surface area (Å²) < 4.78 is 4.58. The van der Waals surface area contributed by atoms with Gasteiger partial charge < -0.3 is 10.5 Å². The molecule has 1 heterocycles. The molecule has 0 radical (unpaired) electrons. The Kier molecular flexibility index (Phi) is 2.63. The summed E-state index contributed by atoms with van der Waals surface area (Å²) in [6, 6.07) is 8.37. The van der Waals surface area contributed by atoms with E-state index in [9.17, 15) is 4.79 Å². The molecule has 1 aromatic carbocycles. The van der Waals surface area contributed by atoms with E-state index >= 15 is 0 Å². The standard InChI is InChI=1S/C12H9N3O2/c1-17-12(16)11-5-9(14)8-4-7(6-13)2-3-10(8)15-11/h2-5H,1H3,(H2,14,15). The number of nitriles is 1. The lowest BCUT2D eigenvalue weighted by Crippen LogP contribution is -2.05. The van der Waals surface area contributed by atoms with E-state index in [0.29, 0.717) is 22.2 Å². The molecule has 2 aromatic rings. The molecule has 0 amide bonds. The molecule has 0 aliphatic heterocycles. The van der Waals surface area contributed by atoms with E-state index in [1.165, 1.54) is 13.2 Å². The third-order valence-electron chi connectivity index (χ3n) is 2.36. The fraction of sp³-hybridized carbons (Fsp3) is 0.0833. The van der Waals surface area contributed by atoms with Crippen LogP contribution in [0.25, 0.3) is 10.9 Å². The predicted molar refractivity (Wildman–Crippen MR) is 62.2 cm³/mol. The average molecular weight is 227 g/mol. The second-order valence-electron chi connectivity index (χ2n) is 3.43. The minimum atomic E-state index is -0.539. The van der Waals surface area contributed by atoms with Gasteiger partial charge in [0.25, 0.3) is 0 Å². The van der Waals surface area contributed by atoms with Crippen LogP contribution in [0.5, 0.6) is 0 Å². The lowest BCUT2D eigenvalue weighted by molar-refractivity contribution is 0.0594. The minimum Gasteiger partial charge on any atom is -0.464 e. The monoisotopic (exact) mass is 227 g/mol. The number of ether oxygens (including phenoxy) is 1. The Morgan fingerprint density at radius 1 is 1.47 bits per heavy atom. The Labute approximate surface area is 97.4 Å². The molecule has 17 heavy (non-hydrogen) atoms. The molecule has 0 fully saturated rings. The first-order valence-corrected chi connectivity index (χ1v) is 4.84. The molecule has 0 saturated carbocycles. The summed E-state index contributed by atoms with van der Waals surface area (Å²) in [5.41, 5.74) is 7.42. The van der Waals surface area contributed by atoms with Gasteiger partial charge in [0, 0.05) is 11.1 Å². The second kappa shape index (κ2) is 4.10. The molecule has 1 aromatic heterocycles. The van der Waals surface area contributed by atoms with E-state index in [4.69, 9.17) is 11.0 Å². The highest BCUT2D eigenvalue weighted by atomic mass is 16.5. The van der Waals surface area contributed by atoms with E-state index < -0.39 is 5.97 Å². The van der Waals surface area contributed by atoms with Gasteiger partial charge in [0.2, 0.25) is 0 Å². The summed E-state index contributed by atoms with van der Waals surface area (Å²) in [5, 5.41) is 9.43. The highest BCUT2D eigenvalue weighted by molar-refractivity contribution is 5.97. The topological polar surface area (TPSA) is 89.0 Å². The number of nitrogen functional groups attached to an aromatic ring is 1. The molecular weight excluding hydrogens is 218 g/mol. The first kappa shape index (κ1) is 10.9. The van der Waals surface area contributed by atoms with Crippen LogP contribution in [0, 0.1) is 11.3 Å². The third kappa shape index (κ3) is 1.88. The quantitative estimate of drug-likeness (QED) is 0.745. The van der Waals surface area contributed by atoms with Crippen molar-refractivity contribution in [2.45, 2.75) is 0 Å². The SMILES string of the molecule is COC(=O)c1cc(N)c2cc(C#N)ccc2n1. The van der Waals surface area contributed by atoms with E-state index in [1.807, 2.05) is 6.07 Å². The molecule has 0 saturated heterocycles. The van der Waals surface area contributed by atoms with Gasteiger partial charge >= 0.3 is 5.97 Å². The van der Waals surface area contributed by atoms with Crippen molar-refractivity contribution in [2.24, 2.45) is 0 Å². The number of anilines is 1. The number of carbonyl (C=O) groups excluding carboxylic acids is 1. The number of esters is 1. The zero-order valence-electron chi connectivity index (χ0n) is 9.10. The van der Waals surface area contributed by atoms with Gasteiger partial charge in [-0.05, 0) is 24.3 Å². The largest absolute Gasteiger partial charge is 0.464 e. The molecule has 5 nitrogen and oxygen atoms in total. The van der Waals surface area contributed by atoms with Gasteiger partial charge in [-0.1, -0.05) is 0 Å². The lowest BCUT2D eigenvalue weighted by Gasteiger charge is -2.05. The van der Waals surface area contributed by atoms with Crippen molar-refractivity contribution in [1.29, 1.82) is 5.26 Å². The van der Waals surface area contributed by atoms with Crippen molar-refractivity contribution in [3.8, 4) is 6.07 Å². The Bertz CT molecular complexity index is 644. The zero-order valence-corrected chi connectivity index (χ0v) is 9.10. The third-order valence-corrected chi connectivity index (χ3v) is 2.36. The van der Waals surface area contributed by atoms with E-state index in [2.05, 4.69) is 9.72 Å². The van der Waals surface area contributed by atoms with Crippen LogP contribution in [0.1, 0.15) is 16.1 Å². The minimum absolute atomic E-state index is 0.155. The number of hydrogen-bond acceptors (Lipinski definition) is 5. The Morgan fingerprint density at radius 2 is 2.24 bits per heavy atom. The zero-order chi connectivity index (χ0) is 12.4. The molecule has 0 bridgehead atoms. The van der Waals surface area contributed by atoms with Crippen LogP contribution in [0.2, 0.25) is 0 Å². The summed E-state index contributed by atoms with van der Waals surface area (Å²) in [7, 11) is 1.28. The second-order valence-corrected chi connectivity index (χ2v) is 3.43. The fourth-order valence-corrected chi connectivity index (χ4v) is 1.53. The number of pyridine rings is 1. The van der Waals surface area contributed by atoms with E-state index in [-0.39, 0.29) is 5.69 Å². The van der Waals surface area contributed by atoms with Crippen molar-refractivity contribution in [1.82, 2.24) is 4.98 Å². The van der Waals surface area contributed by atoms with Crippen LogP contribution < -0.4 is 5.73 Å². The summed E-state index contributed by atoms with van der Waals surface area (Å²) in [5.74, 6) is -0.539. The van der Waals surface area contributed by atoms with Crippen molar-refractivity contribution in [3.63, 3.8) is 0 Å². The summed E-state index contributed by atoms with van der Waals surface area (Å²) >= 11 is 0. The van der Waals surface area contributed by atoms with Gasteiger partial charge in [-0.2, -0.15) is 5.26 Å². The number of hydrogen-bond donors (Lipinski definition) is 1. The molecule has 2 N–H and O–H groups in total. The smallest absolute Gasteiger partial charge is 0.356 e. The number of nitrogens with zero attached hydrogens (tertiary/aromatic N) is 2. The first-order chi connectivity index (χ1) is 8.15.